The van der Waals surface area contributed by atoms with Gasteiger partial charge in [0.15, 0.2) is 0 Å². The minimum atomic E-state index is -0.915. The van der Waals surface area contributed by atoms with Crippen LogP contribution in [0, 0.1) is 0 Å². The number of carbonyl (C=O) groups is 1. The second-order valence-electron chi connectivity index (χ2n) is 4.76. The lowest BCUT2D eigenvalue weighted by Gasteiger charge is -2.17. The van der Waals surface area contributed by atoms with E-state index in [0.29, 0.717) is 5.82 Å². The molecule has 1 rings (SSSR count). The van der Waals surface area contributed by atoms with Gasteiger partial charge in [-0.2, -0.15) is 5.10 Å². The Morgan fingerprint density at radius 2 is 2.00 bits per heavy atom. The van der Waals surface area contributed by atoms with Crippen molar-refractivity contribution in [3.8, 4) is 0 Å². The zero-order valence-electron chi connectivity index (χ0n) is 9.98. The smallest absolute Gasteiger partial charge is 0.325 e. The van der Waals surface area contributed by atoms with Gasteiger partial charge in [0.25, 0.3) is 0 Å². The Labute approximate surface area is 94.9 Å². The molecule has 0 aliphatic rings. The molecule has 0 spiro atoms. The third-order valence-corrected chi connectivity index (χ3v) is 2.17. The van der Waals surface area contributed by atoms with Gasteiger partial charge < -0.3 is 10.4 Å². The number of nitrogens with zero attached hydrogens (tertiary/aromatic N) is 2. The normalized spacial score (nSPS) is 13.2. The van der Waals surface area contributed by atoms with Gasteiger partial charge in [0.1, 0.15) is 11.9 Å². The third-order valence-electron chi connectivity index (χ3n) is 2.17. The fraction of sp³-hybridized carbons (Fsp3) is 0.545. The van der Waals surface area contributed by atoms with E-state index in [1.165, 1.54) is 0 Å². The largest absolute Gasteiger partial charge is 0.480 e. The first-order valence-electron chi connectivity index (χ1n) is 5.14. The van der Waals surface area contributed by atoms with Gasteiger partial charge in [-0.25, -0.2) is 0 Å². The molecule has 1 atom stereocenters. The Kier molecular flexibility index (Phi) is 3.47. The van der Waals surface area contributed by atoms with Gasteiger partial charge >= 0.3 is 5.97 Å². The molecule has 0 aliphatic carbocycles. The number of carboxylic acids is 1. The second kappa shape index (κ2) is 4.47. The average molecular weight is 223 g/mol. The van der Waals surface area contributed by atoms with E-state index in [1.54, 1.807) is 13.0 Å². The first-order chi connectivity index (χ1) is 7.30. The molecule has 0 bridgehead atoms. The molecular weight excluding hydrogens is 206 g/mol. The van der Waals surface area contributed by atoms with Crippen LogP contribution in [0.4, 0.5) is 5.82 Å². The molecule has 0 fully saturated rings. The first kappa shape index (κ1) is 12.4. The molecule has 1 aromatic heterocycles. The number of carboxylic acid groups (broad SMARTS) is 1. The van der Waals surface area contributed by atoms with Crippen LogP contribution >= 0.6 is 0 Å². The van der Waals surface area contributed by atoms with Crippen LogP contribution in [0.1, 0.15) is 33.4 Å². The minimum Gasteiger partial charge on any atom is -0.480 e. The molecule has 5 nitrogen and oxygen atoms in total. The molecule has 0 saturated carbocycles. The van der Waals surface area contributed by atoms with Crippen molar-refractivity contribution in [2.45, 2.75) is 39.2 Å². The number of nitrogens with one attached hydrogen (secondary N) is 1. The molecule has 0 amide bonds. The van der Waals surface area contributed by atoms with Gasteiger partial charge in [-0.3, -0.25) is 4.79 Å². The van der Waals surface area contributed by atoms with Crippen LogP contribution in [0.25, 0.3) is 0 Å². The lowest BCUT2D eigenvalue weighted by molar-refractivity contribution is -0.137. The summed E-state index contributed by atoms with van der Waals surface area (Å²) in [6, 6.07) is 2.92. The molecular formula is C11H17N3O2. The molecule has 1 heterocycles. The summed E-state index contributed by atoms with van der Waals surface area (Å²) < 4.78 is 0. The molecule has 2 N–H and O–H groups in total. The summed E-state index contributed by atoms with van der Waals surface area (Å²) in [6.45, 7) is 7.69. The lowest BCUT2D eigenvalue weighted by Crippen LogP contribution is -2.26. The topological polar surface area (TPSA) is 75.1 Å². The summed E-state index contributed by atoms with van der Waals surface area (Å²) in [7, 11) is 0. The Morgan fingerprint density at radius 1 is 1.38 bits per heavy atom. The number of aromatic nitrogens is 2. The summed E-state index contributed by atoms with van der Waals surface area (Å²) in [5.41, 5.74) is 0.824. The predicted molar refractivity (Wildman–Crippen MR) is 61.5 cm³/mol. The van der Waals surface area contributed by atoms with Crippen LogP contribution < -0.4 is 5.32 Å². The van der Waals surface area contributed by atoms with Crippen molar-refractivity contribution in [2.24, 2.45) is 0 Å². The first-order valence-corrected chi connectivity index (χ1v) is 5.14. The molecule has 1 aromatic rings. The van der Waals surface area contributed by atoms with Crippen molar-refractivity contribution >= 4 is 11.8 Å². The maximum Gasteiger partial charge on any atom is 0.325 e. The van der Waals surface area contributed by atoms with Crippen molar-refractivity contribution < 1.29 is 9.90 Å². The van der Waals surface area contributed by atoms with Gasteiger partial charge in [0.05, 0.1) is 5.69 Å². The molecule has 0 aromatic carbocycles. The standard InChI is InChI=1S/C11H17N3O2/c1-7(10(15)16)12-9-6-5-8(13-14-9)11(2,3)4/h5-7H,1-4H3,(H,12,14)(H,15,16). The van der Waals surface area contributed by atoms with Gasteiger partial charge in [0.2, 0.25) is 0 Å². The maximum atomic E-state index is 10.6. The van der Waals surface area contributed by atoms with E-state index >= 15 is 0 Å². The van der Waals surface area contributed by atoms with Crippen LogP contribution in [0.3, 0.4) is 0 Å². The average Bonchev–Trinajstić information content (AvgIpc) is 2.17. The van der Waals surface area contributed by atoms with Crippen LogP contribution in [-0.4, -0.2) is 27.3 Å². The van der Waals surface area contributed by atoms with Crippen LogP contribution in [0.2, 0.25) is 0 Å². The van der Waals surface area contributed by atoms with E-state index in [4.69, 9.17) is 5.11 Å². The van der Waals surface area contributed by atoms with Crippen molar-refractivity contribution in [2.75, 3.05) is 5.32 Å². The zero-order chi connectivity index (χ0) is 12.3. The van der Waals surface area contributed by atoms with Crippen LogP contribution in [0.5, 0.6) is 0 Å². The molecule has 0 saturated heterocycles. The fourth-order valence-electron chi connectivity index (χ4n) is 1.09. The summed E-state index contributed by atoms with van der Waals surface area (Å²) in [6.07, 6.45) is 0. The highest BCUT2D eigenvalue weighted by atomic mass is 16.4. The highest BCUT2D eigenvalue weighted by molar-refractivity contribution is 5.76. The number of anilines is 1. The number of hydrogen-bond donors (Lipinski definition) is 2. The Morgan fingerprint density at radius 3 is 2.38 bits per heavy atom. The quantitative estimate of drug-likeness (QED) is 0.815. The zero-order valence-corrected chi connectivity index (χ0v) is 9.98. The van der Waals surface area contributed by atoms with Gasteiger partial charge in [-0.05, 0) is 19.1 Å². The summed E-state index contributed by atoms with van der Waals surface area (Å²) in [4.78, 5) is 10.6. The molecule has 16 heavy (non-hydrogen) atoms. The molecule has 1 unspecified atom stereocenters. The van der Waals surface area contributed by atoms with E-state index in [9.17, 15) is 4.79 Å². The van der Waals surface area contributed by atoms with Crippen LogP contribution in [0.15, 0.2) is 12.1 Å². The summed E-state index contributed by atoms with van der Waals surface area (Å²) in [5, 5.41) is 19.5. The molecule has 0 aliphatic heterocycles. The SMILES string of the molecule is CC(Nc1ccc(C(C)(C)C)nn1)C(=O)O. The summed E-state index contributed by atoms with van der Waals surface area (Å²) in [5.74, 6) is -0.440. The predicted octanol–water partition coefficient (Wildman–Crippen LogP) is 1.66. The van der Waals surface area contributed by atoms with Crippen molar-refractivity contribution in [1.29, 1.82) is 0 Å². The van der Waals surface area contributed by atoms with E-state index in [2.05, 4.69) is 15.5 Å². The third kappa shape index (κ3) is 3.18. The van der Waals surface area contributed by atoms with E-state index in [1.807, 2.05) is 26.8 Å². The minimum absolute atomic E-state index is 0.0516. The van der Waals surface area contributed by atoms with E-state index in [-0.39, 0.29) is 5.41 Å². The van der Waals surface area contributed by atoms with Gasteiger partial charge in [0, 0.05) is 5.41 Å². The highest BCUT2D eigenvalue weighted by Crippen LogP contribution is 2.19. The summed E-state index contributed by atoms with van der Waals surface area (Å²) >= 11 is 0. The van der Waals surface area contributed by atoms with Crippen molar-refractivity contribution in [3.63, 3.8) is 0 Å². The maximum absolute atomic E-state index is 10.6. The van der Waals surface area contributed by atoms with E-state index in [0.717, 1.165) is 5.69 Å². The fourth-order valence-corrected chi connectivity index (χ4v) is 1.09. The monoisotopic (exact) mass is 223 g/mol. The number of aliphatic carboxylic acids is 1. The number of hydrogen-bond acceptors (Lipinski definition) is 4. The second-order valence-corrected chi connectivity index (χ2v) is 4.76. The van der Waals surface area contributed by atoms with Crippen molar-refractivity contribution in [3.05, 3.63) is 17.8 Å². The Bertz CT molecular complexity index is 368. The number of rotatable bonds is 3. The van der Waals surface area contributed by atoms with Crippen molar-refractivity contribution in [1.82, 2.24) is 10.2 Å². The molecule has 88 valence electrons. The van der Waals surface area contributed by atoms with Gasteiger partial charge in [-0.15, -0.1) is 5.10 Å². The molecule has 5 heteroatoms. The lowest BCUT2D eigenvalue weighted by atomic mass is 9.92. The van der Waals surface area contributed by atoms with Gasteiger partial charge in [-0.1, -0.05) is 20.8 Å². The van der Waals surface area contributed by atoms with E-state index < -0.39 is 12.0 Å². The highest BCUT2D eigenvalue weighted by Gasteiger charge is 2.16. The van der Waals surface area contributed by atoms with Crippen LogP contribution in [-0.2, 0) is 10.2 Å². The molecule has 0 radical (unpaired) electrons. The Hall–Kier alpha value is -1.65. The Balaban J connectivity index is 2.76.